The normalized spacial score (nSPS) is 18.2. The number of amides is 1. The van der Waals surface area contributed by atoms with Gasteiger partial charge in [-0.25, -0.2) is 0 Å². The zero-order valence-corrected chi connectivity index (χ0v) is 10.7. The molecule has 1 atom stereocenters. The van der Waals surface area contributed by atoms with Crippen LogP contribution in [0.15, 0.2) is 24.3 Å². The van der Waals surface area contributed by atoms with Gasteiger partial charge in [0.1, 0.15) is 0 Å². The summed E-state index contributed by atoms with van der Waals surface area (Å²) in [6.45, 7) is 1.61. The van der Waals surface area contributed by atoms with E-state index in [-0.39, 0.29) is 18.2 Å². The van der Waals surface area contributed by atoms with Crippen LogP contribution in [0.5, 0.6) is 0 Å². The van der Waals surface area contributed by atoms with Gasteiger partial charge in [-0.3, -0.25) is 9.59 Å². The lowest BCUT2D eigenvalue weighted by molar-refractivity contribution is -0.137. The number of hydrogen-bond acceptors (Lipinski definition) is 3. The Labute approximate surface area is 112 Å². The van der Waals surface area contributed by atoms with Crippen molar-refractivity contribution >= 4 is 17.6 Å². The van der Waals surface area contributed by atoms with Crippen LogP contribution in [-0.4, -0.2) is 30.1 Å². The van der Waals surface area contributed by atoms with E-state index in [2.05, 4.69) is 10.6 Å². The number of carbonyl (C=O) groups excluding carboxylic acids is 1. The molecule has 0 radical (unpaired) electrons. The van der Waals surface area contributed by atoms with Crippen LogP contribution in [0, 0.1) is 5.92 Å². The van der Waals surface area contributed by atoms with E-state index in [1.165, 1.54) is 0 Å². The largest absolute Gasteiger partial charge is 0.481 e. The predicted molar refractivity (Wildman–Crippen MR) is 72.0 cm³/mol. The molecule has 5 heteroatoms. The van der Waals surface area contributed by atoms with E-state index >= 15 is 0 Å². The molecule has 1 aromatic rings. The number of rotatable bonds is 5. The van der Waals surface area contributed by atoms with Gasteiger partial charge in [-0.2, -0.15) is 0 Å². The Balaban J connectivity index is 1.94. The van der Waals surface area contributed by atoms with Crippen molar-refractivity contribution in [3.63, 3.8) is 0 Å². The second-order valence-corrected chi connectivity index (χ2v) is 4.77. The van der Waals surface area contributed by atoms with Crippen molar-refractivity contribution < 1.29 is 14.7 Å². The summed E-state index contributed by atoms with van der Waals surface area (Å²) in [5.41, 5.74) is 1.66. The number of nitrogens with one attached hydrogen (secondary N) is 2. The minimum atomic E-state index is -0.813. The third-order valence-electron chi connectivity index (χ3n) is 3.25. The molecule has 102 valence electrons. The van der Waals surface area contributed by atoms with Gasteiger partial charge in [0.25, 0.3) is 0 Å². The average Bonchev–Trinajstić information content (AvgIpc) is 2.91. The quantitative estimate of drug-likeness (QED) is 0.746. The third-order valence-corrected chi connectivity index (χ3v) is 3.25. The highest BCUT2D eigenvalue weighted by Gasteiger charge is 2.22. The highest BCUT2D eigenvalue weighted by molar-refractivity contribution is 5.93. The highest BCUT2D eigenvalue weighted by Crippen LogP contribution is 2.15. The van der Waals surface area contributed by atoms with Crippen LogP contribution in [0.4, 0.5) is 5.69 Å². The Hall–Kier alpha value is -1.88. The molecule has 1 unspecified atom stereocenters. The molecule has 1 aliphatic heterocycles. The summed E-state index contributed by atoms with van der Waals surface area (Å²) >= 11 is 0. The van der Waals surface area contributed by atoms with Crippen molar-refractivity contribution in [1.29, 1.82) is 0 Å². The van der Waals surface area contributed by atoms with Gasteiger partial charge in [0.15, 0.2) is 0 Å². The molecule has 3 N–H and O–H groups in total. The standard InChI is InChI=1S/C14H18N2O3/c17-13(18)5-4-10-2-1-3-12(8-10)16-14(19)11-6-7-15-9-11/h1-3,8,11,15H,4-7,9H2,(H,16,19)(H,17,18). The second-order valence-electron chi connectivity index (χ2n) is 4.77. The molecule has 2 rings (SSSR count). The summed E-state index contributed by atoms with van der Waals surface area (Å²) in [6.07, 6.45) is 1.44. The van der Waals surface area contributed by atoms with Crippen molar-refractivity contribution in [2.24, 2.45) is 5.92 Å². The second kappa shape index (κ2) is 6.33. The number of hydrogen-bond donors (Lipinski definition) is 3. The van der Waals surface area contributed by atoms with E-state index in [1.54, 1.807) is 0 Å². The van der Waals surface area contributed by atoms with Crippen LogP contribution in [-0.2, 0) is 16.0 Å². The van der Waals surface area contributed by atoms with Gasteiger partial charge < -0.3 is 15.7 Å². The lowest BCUT2D eigenvalue weighted by Crippen LogP contribution is -2.24. The van der Waals surface area contributed by atoms with Gasteiger partial charge in [0.05, 0.1) is 5.92 Å². The Morgan fingerprint density at radius 2 is 2.26 bits per heavy atom. The highest BCUT2D eigenvalue weighted by atomic mass is 16.4. The van der Waals surface area contributed by atoms with Crippen LogP contribution in [0.3, 0.4) is 0 Å². The summed E-state index contributed by atoms with van der Waals surface area (Å²) in [7, 11) is 0. The molecule has 1 amide bonds. The first kappa shape index (κ1) is 13.5. The lowest BCUT2D eigenvalue weighted by Gasteiger charge is -2.10. The Kier molecular flexibility index (Phi) is 4.52. The number of carboxylic acids is 1. The summed E-state index contributed by atoms with van der Waals surface area (Å²) in [6, 6.07) is 7.36. The van der Waals surface area contributed by atoms with Gasteiger partial charge in [0, 0.05) is 18.7 Å². The van der Waals surface area contributed by atoms with Gasteiger partial charge in [-0.15, -0.1) is 0 Å². The molecule has 0 aliphatic carbocycles. The van der Waals surface area contributed by atoms with Crippen molar-refractivity contribution in [2.75, 3.05) is 18.4 Å². The van der Waals surface area contributed by atoms with Gasteiger partial charge in [0.2, 0.25) is 5.91 Å². The molecule has 0 spiro atoms. The van der Waals surface area contributed by atoms with E-state index in [1.807, 2.05) is 24.3 Å². The fraction of sp³-hybridized carbons (Fsp3) is 0.429. The van der Waals surface area contributed by atoms with Gasteiger partial charge >= 0.3 is 5.97 Å². The molecule has 0 aromatic heterocycles. The first-order chi connectivity index (χ1) is 9.15. The minimum Gasteiger partial charge on any atom is -0.481 e. The van der Waals surface area contributed by atoms with E-state index in [0.29, 0.717) is 6.42 Å². The molecule has 0 saturated carbocycles. The van der Waals surface area contributed by atoms with Gasteiger partial charge in [-0.05, 0) is 37.1 Å². The molecule has 5 nitrogen and oxygen atoms in total. The Morgan fingerprint density at radius 3 is 2.95 bits per heavy atom. The molecule has 1 fully saturated rings. The number of benzene rings is 1. The summed E-state index contributed by atoms with van der Waals surface area (Å²) in [4.78, 5) is 22.5. The molecule has 1 aliphatic rings. The maximum absolute atomic E-state index is 11.9. The molecular weight excluding hydrogens is 244 g/mol. The zero-order chi connectivity index (χ0) is 13.7. The number of aliphatic carboxylic acids is 1. The third kappa shape index (κ3) is 4.06. The summed E-state index contributed by atoms with van der Waals surface area (Å²) in [5, 5.41) is 14.7. The summed E-state index contributed by atoms with van der Waals surface area (Å²) < 4.78 is 0. The number of carboxylic acid groups (broad SMARTS) is 1. The van der Waals surface area contributed by atoms with Crippen molar-refractivity contribution in [2.45, 2.75) is 19.3 Å². The SMILES string of the molecule is O=C(O)CCc1cccc(NC(=O)C2CCNC2)c1. The molecule has 1 saturated heterocycles. The van der Waals surface area contributed by atoms with Gasteiger partial charge in [-0.1, -0.05) is 12.1 Å². The number of anilines is 1. The van der Waals surface area contributed by atoms with Crippen LogP contribution in [0.25, 0.3) is 0 Å². The molecule has 0 bridgehead atoms. The van der Waals surface area contributed by atoms with Crippen LogP contribution in [0.1, 0.15) is 18.4 Å². The zero-order valence-electron chi connectivity index (χ0n) is 10.7. The van der Waals surface area contributed by atoms with E-state index in [4.69, 9.17) is 5.11 Å². The monoisotopic (exact) mass is 262 g/mol. The van der Waals surface area contributed by atoms with Crippen molar-refractivity contribution in [3.05, 3.63) is 29.8 Å². The number of aryl methyl sites for hydroxylation is 1. The molecular formula is C14H18N2O3. The van der Waals surface area contributed by atoms with Crippen LogP contribution < -0.4 is 10.6 Å². The van der Waals surface area contributed by atoms with E-state index < -0.39 is 5.97 Å². The first-order valence-corrected chi connectivity index (χ1v) is 6.47. The Morgan fingerprint density at radius 1 is 1.42 bits per heavy atom. The first-order valence-electron chi connectivity index (χ1n) is 6.47. The van der Waals surface area contributed by atoms with Crippen molar-refractivity contribution in [1.82, 2.24) is 5.32 Å². The fourth-order valence-electron chi connectivity index (χ4n) is 2.18. The topological polar surface area (TPSA) is 78.4 Å². The van der Waals surface area contributed by atoms with Crippen LogP contribution in [0.2, 0.25) is 0 Å². The number of carbonyl (C=O) groups is 2. The van der Waals surface area contributed by atoms with Crippen molar-refractivity contribution in [3.8, 4) is 0 Å². The predicted octanol–water partition coefficient (Wildman–Crippen LogP) is 1.25. The fourth-order valence-corrected chi connectivity index (χ4v) is 2.18. The molecule has 19 heavy (non-hydrogen) atoms. The molecule has 1 heterocycles. The van der Waals surface area contributed by atoms with Crippen LogP contribution >= 0.6 is 0 Å². The maximum atomic E-state index is 11.9. The maximum Gasteiger partial charge on any atom is 0.303 e. The summed E-state index contributed by atoms with van der Waals surface area (Å²) in [5.74, 6) is -0.755. The molecule has 1 aromatic carbocycles. The lowest BCUT2D eigenvalue weighted by atomic mass is 10.1. The van der Waals surface area contributed by atoms with E-state index in [9.17, 15) is 9.59 Å². The minimum absolute atomic E-state index is 0.0281. The average molecular weight is 262 g/mol. The smallest absolute Gasteiger partial charge is 0.303 e. The Bertz CT molecular complexity index is 468. The van der Waals surface area contributed by atoms with E-state index in [0.717, 1.165) is 30.8 Å².